The minimum absolute atomic E-state index is 0.324. The number of nitrogens with one attached hydrogen (secondary N) is 1. The third kappa shape index (κ3) is 7.41. The van der Waals surface area contributed by atoms with Crippen LogP contribution >= 0.6 is 0 Å². The van der Waals surface area contributed by atoms with Crippen molar-refractivity contribution in [3.8, 4) is 0 Å². The lowest BCUT2D eigenvalue weighted by atomic mass is 9.76. The molecule has 110 valence electrons. The molecule has 0 radical (unpaired) electrons. The van der Waals surface area contributed by atoms with Gasteiger partial charge in [-0.3, -0.25) is 0 Å². The molecule has 0 aromatic carbocycles. The molecule has 2 atom stereocenters. The first-order valence-corrected chi connectivity index (χ1v) is 7.47. The fourth-order valence-corrected chi connectivity index (χ4v) is 1.92. The molecule has 18 heavy (non-hydrogen) atoms. The van der Waals surface area contributed by atoms with Crippen molar-refractivity contribution in [1.82, 2.24) is 5.32 Å². The smallest absolute Gasteiger partial charge is 0.0121 e. The zero-order valence-electron chi connectivity index (χ0n) is 14.6. The molecule has 1 heteroatoms. The van der Waals surface area contributed by atoms with Gasteiger partial charge >= 0.3 is 0 Å². The van der Waals surface area contributed by atoms with Crippen molar-refractivity contribution >= 4 is 0 Å². The highest BCUT2D eigenvalue weighted by molar-refractivity contribution is 4.86. The van der Waals surface area contributed by atoms with Crippen LogP contribution in [0.15, 0.2) is 0 Å². The third-order valence-corrected chi connectivity index (χ3v) is 4.01. The molecule has 1 nitrogen and oxygen atoms in total. The summed E-state index contributed by atoms with van der Waals surface area (Å²) in [4.78, 5) is 0. The number of hydrogen-bond acceptors (Lipinski definition) is 1. The highest BCUT2D eigenvalue weighted by Gasteiger charge is 2.30. The third-order valence-electron chi connectivity index (χ3n) is 4.01. The lowest BCUT2D eigenvalue weighted by Gasteiger charge is -2.38. The Morgan fingerprint density at radius 3 is 1.50 bits per heavy atom. The lowest BCUT2D eigenvalue weighted by Crippen LogP contribution is -2.45. The van der Waals surface area contributed by atoms with Crippen molar-refractivity contribution < 1.29 is 0 Å². The van der Waals surface area contributed by atoms with Crippen LogP contribution in [0.1, 0.15) is 75.7 Å². The maximum absolute atomic E-state index is 3.82. The Bertz CT molecular complexity index is 234. The van der Waals surface area contributed by atoms with Gasteiger partial charge in [0.05, 0.1) is 0 Å². The van der Waals surface area contributed by atoms with E-state index in [9.17, 15) is 0 Å². The van der Waals surface area contributed by atoms with Gasteiger partial charge in [0.1, 0.15) is 0 Å². The van der Waals surface area contributed by atoms with Crippen LogP contribution in [-0.4, -0.2) is 12.6 Å². The Kier molecular flexibility index (Phi) is 5.93. The summed E-state index contributed by atoms with van der Waals surface area (Å²) in [6.07, 6.45) is 1.23. The van der Waals surface area contributed by atoms with E-state index in [1.807, 2.05) is 0 Å². The average molecular weight is 255 g/mol. The summed E-state index contributed by atoms with van der Waals surface area (Å²) < 4.78 is 0. The minimum atomic E-state index is 0.324. The van der Waals surface area contributed by atoms with Gasteiger partial charge in [0.15, 0.2) is 0 Å². The Balaban J connectivity index is 4.55. The quantitative estimate of drug-likeness (QED) is 0.736. The Labute approximate surface area is 116 Å². The summed E-state index contributed by atoms with van der Waals surface area (Å²) >= 11 is 0. The fraction of sp³-hybridized carbons (Fsp3) is 1.00. The monoisotopic (exact) mass is 255 g/mol. The van der Waals surface area contributed by atoms with E-state index in [0.717, 1.165) is 6.54 Å². The topological polar surface area (TPSA) is 12.0 Å². The second-order valence-corrected chi connectivity index (χ2v) is 9.36. The molecule has 0 bridgehead atoms. The first-order valence-electron chi connectivity index (χ1n) is 7.47. The van der Waals surface area contributed by atoms with Gasteiger partial charge in [-0.05, 0) is 35.1 Å². The van der Waals surface area contributed by atoms with Gasteiger partial charge in [0, 0.05) is 6.04 Å². The van der Waals surface area contributed by atoms with E-state index < -0.39 is 0 Å². The normalized spacial score (nSPS) is 17.7. The van der Waals surface area contributed by atoms with Crippen molar-refractivity contribution in [3.05, 3.63) is 0 Å². The molecule has 0 aromatic rings. The van der Waals surface area contributed by atoms with Crippen LogP contribution in [0.5, 0.6) is 0 Å². The average Bonchev–Trinajstić information content (AvgIpc) is 2.06. The summed E-state index contributed by atoms with van der Waals surface area (Å²) in [7, 11) is 0. The van der Waals surface area contributed by atoms with Gasteiger partial charge in [-0.15, -0.1) is 0 Å². The molecule has 0 aromatic heterocycles. The Morgan fingerprint density at radius 2 is 1.22 bits per heavy atom. The van der Waals surface area contributed by atoms with Crippen LogP contribution in [0.4, 0.5) is 0 Å². The van der Waals surface area contributed by atoms with E-state index >= 15 is 0 Å². The largest absolute Gasteiger partial charge is 0.313 e. The van der Waals surface area contributed by atoms with Crippen molar-refractivity contribution in [2.75, 3.05) is 6.54 Å². The zero-order chi connectivity index (χ0) is 14.8. The standard InChI is InChI=1S/C17H37N/c1-13(16(5,6)7)12-18-14(17(8,9)10)11-15(2,3)4/h13-14,18H,11-12H2,1-10H3. The summed E-state index contributed by atoms with van der Waals surface area (Å²) in [5, 5.41) is 3.82. The Morgan fingerprint density at radius 1 is 0.778 bits per heavy atom. The van der Waals surface area contributed by atoms with Gasteiger partial charge in [-0.25, -0.2) is 0 Å². The van der Waals surface area contributed by atoms with Crippen LogP contribution in [0, 0.1) is 22.2 Å². The lowest BCUT2D eigenvalue weighted by molar-refractivity contribution is 0.169. The van der Waals surface area contributed by atoms with Gasteiger partial charge < -0.3 is 5.32 Å². The van der Waals surface area contributed by atoms with Crippen molar-refractivity contribution in [2.45, 2.75) is 81.7 Å². The SMILES string of the molecule is CC(CNC(CC(C)(C)C)C(C)(C)C)C(C)(C)C. The highest BCUT2D eigenvalue weighted by Crippen LogP contribution is 2.31. The predicted octanol–water partition coefficient (Wildman–Crippen LogP) is 5.11. The summed E-state index contributed by atoms with van der Waals surface area (Å²) in [6, 6.07) is 0.585. The fourth-order valence-electron chi connectivity index (χ4n) is 1.92. The molecular formula is C17H37N. The first kappa shape index (κ1) is 18.0. The molecule has 0 fully saturated rings. The Hall–Kier alpha value is -0.0400. The maximum atomic E-state index is 3.82. The second-order valence-electron chi connectivity index (χ2n) is 9.36. The molecule has 0 spiro atoms. The van der Waals surface area contributed by atoms with Crippen LogP contribution in [0.25, 0.3) is 0 Å². The van der Waals surface area contributed by atoms with Gasteiger partial charge in [-0.1, -0.05) is 69.2 Å². The second kappa shape index (κ2) is 5.94. The van der Waals surface area contributed by atoms with Gasteiger partial charge in [-0.2, -0.15) is 0 Å². The van der Waals surface area contributed by atoms with Crippen molar-refractivity contribution in [1.29, 1.82) is 0 Å². The van der Waals surface area contributed by atoms with Crippen LogP contribution in [-0.2, 0) is 0 Å². The van der Waals surface area contributed by atoms with Crippen molar-refractivity contribution in [2.24, 2.45) is 22.2 Å². The van der Waals surface area contributed by atoms with Gasteiger partial charge in [0.25, 0.3) is 0 Å². The molecule has 0 amide bonds. The van der Waals surface area contributed by atoms with E-state index in [0.29, 0.717) is 28.2 Å². The van der Waals surface area contributed by atoms with Crippen LogP contribution < -0.4 is 5.32 Å². The van der Waals surface area contributed by atoms with E-state index in [2.05, 4.69) is 74.6 Å². The minimum Gasteiger partial charge on any atom is -0.313 e. The molecule has 0 aliphatic carbocycles. The molecule has 0 aliphatic rings. The highest BCUT2D eigenvalue weighted by atomic mass is 14.9. The molecule has 0 saturated heterocycles. The van der Waals surface area contributed by atoms with Crippen LogP contribution in [0.3, 0.4) is 0 Å². The molecule has 0 saturated carbocycles. The summed E-state index contributed by atoms with van der Waals surface area (Å²) in [6.45, 7) is 24.5. The molecule has 2 unspecified atom stereocenters. The molecule has 1 N–H and O–H groups in total. The van der Waals surface area contributed by atoms with E-state index in [4.69, 9.17) is 0 Å². The van der Waals surface area contributed by atoms with Crippen molar-refractivity contribution in [3.63, 3.8) is 0 Å². The molecule has 0 aliphatic heterocycles. The van der Waals surface area contributed by atoms with Crippen LogP contribution in [0.2, 0.25) is 0 Å². The molecular weight excluding hydrogens is 218 g/mol. The number of rotatable bonds is 4. The van der Waals surface area contributed by atoms with E-state index in [-0.39, 0.29) is 0 Å². The maximum Gasteiger partial charge on any atom is 0.0121 e. The molecule has 0 rings (SSSR count). The summed E-state index contributed by atoms with van der Waals surface area (Å²) in [5.41, 5.74) is 1.10. The predicted molar refractivity (Wildman–Crippen MR) is 83.9 cm³/mol. The number of hydrogen-bond donors (Lipinski definition) is 1. The van der Waals surface area contributed by atoms with E-state index in [1.54, 1.807) is 0 Å². The molecule has 0 heterocycles. The van der Waals surface area contributed by atoms with E-state index in [1.165, 1.54) is 6.42 Å². The first-order chi connectivity index (χ1) is 7.73. The zero-order valence-corrected chi connectivity index (χ0v) is 14.6. The van der Waals surface area contributed by atoms with Gasteiger partial charge in [0.2, 0.25) is 0 Å². The summed E-state index contributed by atoms with van der Waals surface area (Å²) in [5.74, 6) is 0.697.